The third-order valence-electron chi connectivity index (χ3n) is 2.79. The zero-order chi connectivity index (χ0) is 13.7. The number of anilines is 1. The van der Waals surface area contributed by atoms with Crippen molar-refractivity contribution in [3.05, 3.63) is 62.8 Å². The monoisotopic (exact) mass is 259 g/mol. The van der Waals surface area contributed by atoms with Crippen LogP contribution in [0.4, 0.5) is 5.82 Å². The second kappa shape index (κ2) is 6.04. The number of hydrogen-bond acceptors (Lipinski definition) is 3. The van der Waals surface area contributed by atoms with E-state index in [-0.39, 0.29) is 11.2 Å². The van der Waals surface area contributed by atoms with Crippen LogP contribution in [-0.2, 0) is 13.1 Å². The molecule has 0 aliphatic carbocycles. The van der Waals surface area contributed by atoms with Gasteiger partial charge >= 0.3 is 5.69 Å². The van der Waals surface area contributed by atoms with E-state index in [1.54, 1.807) is 0 Å². The molecule has 0 amide bonds. The first kappa shape index (κ1) is 13.1. The summed E-state index contributed by atoms with van der Waals surface area (Å²) in [5.41, 5.74) is 0.437. The van der Waals surface area contributed by atoms with Crippen LogP contribution in [0.25, 0.3) is 0 Å². The lowest BCUT2D eigenvalue weighted by molar-refractivity contribution is 0.616. The Morgan fingerprint density at radius 1 is 1.21 bits per heavy atom. The van der Waals surface area contributed by atoms with Gasteiger partial charge in [-0.3, -0.25) is 14.3 Å². The van der Waals surface area contributed by atoms with Crippen molar-refractivity contribution < 1.29 is 0 Å². The molecule has 0 radical (unpaired) electrons. The Labute approximate surface area is 110 Å². The van der Waals surface area contributed by atoms with Crippen molar-refractivity contribution in [2.75, 3.05) is 5.32 Å². The van der Waals surface area contributed by atoms with E-state index in [9.17, 15) is 9.59 Å². The molecule has 2 aromatic rings. The molecule has 5 nitrogen and oxygen atoms in total. The fourth-order valence-electron chi connectivity index (χ4n) is 1.84. The van der Waals surface area contributed by atoms with Crippen LogP contribution in [0.15, 0.2) is 46.0 Å². The molecule has 1 aromatic heterocycles. The van der Waals surface area contributed by atoms with Crippen LogP contribution in [0.3, 0.4) is 0 Å². The molecular weight excluding hydrogens is 242 g/mol. The number of aromatic amines is 1. The fraction of sp³-hybridized carbons (Fsp3) is 0.286. The Kier molecular flexibility index (Phi) is 4.18. The van der Waals surface area contributed by atoms with Crippen LogP contribution < -0.4 is 16.6 Å². The molecule has 0 bridgehead atoms. The van der Waals surface area contributed by atoms with E-state index >= 15 is 0 Å². The quantitative estimate of drug-likeness (QED) is 0.856. The number of nitrogens with one attached hydrogen (secondary N) is 2. The Morgan fingerprint density at radius 3 is 2.58 bits per heavy atom. The summed E-state index contributed by atoms with van der Waals surface area (Å²) in [7, 11) is 0. The Morgan fingerprint density at radius 2 is 1.95 bits per heavy atom. The summed E-state index contributed by atoms with van der Waals surface area (Å²) in [6.45, 7) is 2.93. The second-order valence-electron chi connectivity index (χ2n) is 4.32. The highest BCUT2D eigenvalue weighted by Crippen LogP contribution is 2.02. The number of aromatic nitrogens is 2. The Hall–Kier alpha value is -2.30. The molecule has 100 valence electrons. The predicted octanol–water partition coefficient (Wildman–Crippen LogP) is 1.56. The molecule has 0 spiro atoms. The number of rotatable bonds is 5. The van der Waals surface area contributed by atoms with E-state index < -0.39 is 0 Å². The minimum atomic E-state index is -0.370. The standard InChI is InChI=1S/C14H17N3O2/c1-2-8-17-13(18)9-12(16-14(17)19)15-10-11-6-4-3-5-7-11/h3-7,9,15H,2,8,10H2,1H3,(H,16,19). The van der Waals surface area contributed by atoms with E-state index in [2.05, 4.69) is 10.3 Å². The van der Waals surface area contributed by atoms with Crippen LogP contribution in [-0.4, -0.2) is 9.55 Å². The maximum atomic E-state index is 11.8. The van der Waals surface area contributed by atoms with E-state index in [4.69, 9.17) is 0 Å². The molecule has 1 heterocycles. The highest BCUT2D eigenvalue weighted by Gasteiger charge is 2.03. The first-order valence-corrected chi connectivity index (χ1v) is 6.32. The van der Waals surface area contributed by atoms with E-state index in [0.717, 1.165) is 12.0 Å². The van der Waals surface area contributed by atoms with Gasteiger partial charge in [-0.05, 0) is 12.0 Å². The van der Waals surface area contributed by atoms with Gasteiger partial charge in [0.1, 0.15) is 5.82 Å². The van der Waals surface area contributed by atoms with E-state index in [0.29, 0.717) is 18.9 Å². The van der Waals surface area contributed by atoms with Crippen molar-refractivity contribution in [3.8, 4) is 0 Å². The van der Waals surface area contributed by atoms with Gasteiger partial charge in [0.05, 0.1) is 0 Å². The number of nitrogens with zero attached hydrogens (tertiary/aromatic N) is 1. The van der Waals surface area contributed by atoms with Crippen molar-refractivity contribution >= 4 is 5.82 Å². The summed E-state index contributed by atoms with van der Waals surface area (Å²) in [6.07, 6.45) is 0.750. The molecule has 19 heavy (non-hydrogen) atoms. The Bertz CT molecular complexity index is 612. The van der Waals surface area contributed by atoms with Gasteiger partial charge in [0.15, 0.2) is 0 Å². The molecule has 5 heteroatoms. The van der Waals surface area contributed by atoms with Crippen molar-refractivity contribution in [1.82, 2.24) is 9.55 Å². The van der Waals surface area contributed by atoms with Crippen molar-refractivity contribution in [2.45, 2.75) is 26.4 Å². The molecule has 1 aromatic carbocycles. The minimum absolute atomic E-state index is 0.277. The third-order valence-corrected chi connectivity index (χ3v) is 2.79. The molecule has 2 N–H and O–H groups in total. The van der Waals surface area contributed by atoms with Crippen molar-refractivity contribution in [3.63, 3.8) is 0 Å². The minimum Gasteiger partial charge on any atom is -0.367 e. The van der Waals surface area contributed by atoms with Gasteiger partial charge in [-0.25, -0.2) is 4.79 Å². The van der Waals surface area contributed by atoms with Crippen LogP contribution in [0.5, 0.6) is 0 Å². The number of benzene rings is 1. The van der Waals surface area contributed by atoms with Gasteiger partial charge in [0, 0.05) is 19.2 Å². The molecule has 0 fully saturated rings. The van der Waals surface area contributed by atoms with E-state index in [1.807, 2.05) is 37.3 Å². The highest BCUT2D eigenvalue weighted by molar-refractivity contribution is 5.33. The molecular formula is C14H17N3O2. The average molecular weight is 259 g/mol. The van der Waals surface area contributed by atoms with Gasteiger partial charge in [-0.2, -0.15) is 0 Å². The van der Waals surface area contributed by atoms with Crippen molar-refractivity contribution in [2.24, 2.45) is 0 Å². The first-order valence-electron chi connectivity index (χ1n) is 6.32. The fourth-order valence-corrected chi connectivity index (χ4v) is 1.84. The molecule has 0 saturated carbocycles. The highest BCUT2D eigenvalue weighted by atomic mass is 16.2. The molecule has 0 atom stereocenters. The smallest absolute Gasteiger partial charge is 0.329 e. The van der Waals surface area contributed by atoms with Crippen LogP contribution in [0.1, 0.15) is 18.9 Å². The molecule has 0 aliphatic rings. The van der Waals surface area contributed by atoms with Crippen molar-refractivity contribution in [1.29, 1.82) is 0 Å². The van der Waals surface area contributed by atoms with Gasteiger partial charge in [0.25, 0.3) is 5.56 Å². The maximum Gasteiger partial charge on any atom is 0.329 e. The van der Waals surface area contributed by atoms with Crippen LogP contribution in [0, 0.1) is 0 Å². The maximum absolute atomic E-state index is 11.8. The normalized spacial score (nSPS) is 10.4. The summed E-state index contributed by atoms with van der Waals surface area (Å²) in [5, 5.41) is 3.04. The molecule has 0 aliphatic heterocycles. The first-order chi connectivity index (χ1) is 9.20. The lowest BCUT2D eigenvalue weighted by Gasteiger charge is -2.08. The van der Waals surface area contributed by atoms with Gasteiger partial charge in [-0.15, -0.1) is 0 Å². The summed E-state index contributed by atoms with van der Waals surface area (Å²) in [5.74, 6) is 0.450. The summed E-state index contributed by atoms with van der Waals surface area (Å²) < 4.78 is 1.20. The predicted molar refractivity (Wildman–Crippen MR) is 75.4 cm³/mol. The lowest BCUT2D eigenvalue weighted by Crippen LogP contribution is -2.35. The van der Waals surface area contributed by atoms with Gasteiger partial charge in [0.2, 0.25) is 0 Å². The number of H-pyrrole nitrogens is 1. The molecule has 0 unspecified atom stereocenters. The van der Waals surface area contributed by atoms with Gasteiger partial charge in [-0.1, -0.05) is 37.3 Å². The largest absolute Gasteiger partial charge is 0.367 e. The zero-order valence-electron chi connectivity index (χ0n) is 10.8. The summed E-state index contributed by atoms with van der Waals surface area (Å²) in [4.78, 5) is 26.2. The average Bonchev–Trinajstić information content (AvgIpc) is 2.42. The molecule has 2 rings (SSSR count). The van der Waals surface area contributed by atoms with Crippen LogP contribution in [0.2, 0.25) is 0 Å². The zero-order valence-corrected chi connectivity index (χ0v) is 10.8. The SMILES string of the molecule is CCCn1c(=O)cc(NCc2ccccc2)[nH]c1=O. The van der Waals surface area contributed by atoms with E-state index in [1.165, 1.54) is 10.6 Å². The molecule has 0 saturated heterocycles. The second-order valence-corrected chi connectivity index (χ2v) is 4.32. The summed E-state index contributed by atoms with van der Waals surface area (Å²) in [6, 6.07) is 11.2. The topological polar surface area (TPSA) is 66.9 Å². The Balaban J connectivity index is 2.14. The third kappa shape index (κ3) is 3.34. The van der Waals surface area contributed by atoms with Gasteiger partial charge < -0.3 is 5.32 Å². The summed E-state index contributed by atoms with van der Waals surface area (Å²) >= 11 is 0. The van der Waals surface area contributed by atoms with Crippen LogP contribution >= 0.6 is 0 Å². The number of hydrogen-bond donors (Lipinski definition) is 2. The lowest BCUT2D eigenvalue weighted by atomic mass is 10.2.